The number of benzene rings is 1. The monoisotopic (exact) mass is 707 g/mol. The predicted octanol–water partition coefficient (Wildman–Crippen LogP) is 3.27. The highest BCUT2D eigenvalue weighted by Gasteiger charge is 2.54. The zero-order valence-corrected chi connectivity index (χ0v) is 29.0. The summed E-state index contributed by atoms with van der Waals surface area (Å²) in [6.07, 6.45) is 3.52. The van der Waals surface area contributed by atoms with Gasteiger partial charge in [0.15, 0.2) is 0 Å². The van der Waals surface area contributed by atoms with Crippen molar-refractivity contribution >= 4 is 58.5 Å². The molecule has 1 aliphatic carbocycles. The Kier molecular flexibility index (Phi) is 10.9. The SMILES string of the molecule is CCC[C@H](NC(=O)[C@@H]1C[C@]2(C=C(c3ccc(Cl)c(Cl)c3)NO2)CN1C(=O)[C@@H](NC(=O)O[C@H]1CCOC1)C(C)(C)C)C(=O)C(=O)NC1CC1. The van der Waals surface area contributed by atoms with Gasteiger partial charge in [-0.05, 0) is 42.9 Å². The molecule has 4 N–H and O–H groups in total. The van der Waals surface area contributed by atoms with Gasteiger partial charge in [0.05, 0.1) is 41.5 Å². The maximum atomic E-state index is 14.4. The molecule has 0 radical (unpaired) electrons. The zero-order valence-electron chi connectivity index (χ0n) is 27.5. The number of nitrogens with zero attached hydrogens (tertiary/aromatic N) is 1. The van der Waals surface area contributed by atoms with Gasteiger partial charge < -0.3 is 30.3 Å². The zero-order chi connectivity index (χ0) is 34.8. The number of hydrogen-bond acceptors (Lipinski definition) is 9. The van der Waals surface area contributed by atoms with Gasteiger partial charge in [0.1, 0.15) is 23.8 Å². The number of hydroxylamine groups is 1. The molecule has 5 atom stereocenters. The van der Waals surface area contributed by atoms with E-state index in [2.05, 4.69) is 21.4 Å². The largest absolute Gasteiger partial charge is 0.444 e. The fourth-order valence-electron chi connectivity index (χ4n) is 6.02. The van der Waals surface area contributed by atoms with Crippen molar-refractivity contribution in [2.75, 3.05) is 19.8 Å². The van der Waals surface area contributed by atoms with Crippen LogP contribution >= 0.6 is 23.2 Å². The molecule has 1 aromatic rings. The van der Waals surface area contributed by atoms with Crippen molar-refractivity contribution in [2.45, 2.75) is 102 Å². The number of hydrogen-bond donors (Lipinski definition) is 4. The van der Waals surface area contributed by atoms with Crippen molar-refractivity contribution in [1.82, 2.24) is 26.3 Å². The number of Topliss-reactive ketones (excluding diaryl/α,β-unsaturated/α-hetero) is 1. The fraction of sp³-hybridized carbons (Fsp3) is 0.606. The first-order valence-electron chi connectivity index (χ1n) is 16.3. The molecule has 2 saturated heterocycles. The first kappa shape index (κ1) is 35.9. The topological polar surface area (TPSA) is 164 Å². The van der Waals surface area contributed by atoms with Gasteiger partial charge in [-0.25, -0.2) is 4.79 Å². The maximum absolute atomic E-state index is 14.4. The standard InChI is InChI=1S/C33H43Cl2N5O8/c1-5-6-23(26(41)29(43)36-19-8-9-19)37-28(42)25-15-33(14-24(39-48-33)18-7-10-21(34)22(35)13-18)17-40(25)30(44)27(32(2,3)4)38-31(45)47-20-11-12-46-16-20/h7,10,13-14,19-20,23,25,27,39H,5-6,8-9,11-12,15-17H2,1-4H3,(H,36,43)(H,37,42)(H,38,45)/t20-,23-,25-,27+,33+/m0/s1. The molecule has 4 amide bonds. The van der Waals surface area contributed by atoms with E-state index in [9.17, 15) is 24.0 Å². The molecule has 1 spiro atoms. The lowest BCUT2D eigenvalue weighted by Crippen LogP contribution is -2.59. The predicted molar refractivity (Wildman–Crippen MR) is 177 cm³/mol. The van der Waals surface area contributed by atoms with E-state index in [0.29, 0.717) is 40.8 Å². The average molecular weight is 709 g/mol. The van der Waals surface area contributed by atoms with Crippen LogP contribution in [0.5, 0.6) is 0 Å². The van der Waals surface area contributed by atoms with Crippen LogP contribution in [0.4, 0.5) is 4.79 Å². The number of nitrogens with one attached hydrogen (secondary N) is 4. The number of likely N-dealkylation sites (tertiary alicyclic amines) is 1. The van der Waals surface area contributed by atoms with Crippen LogP contribution in [0.25, 0.3) is 5.70 Å². The van der Waals surface area contributed by atoms with Gasteiger partial charge in [-0.1, -0.05) is 63.4 Å². The molecule has 5 rings (SSSR count). The maximum Gasteiger partial charge on any atom is 0.408 e. The van der Waals surface area contributed by atoms with Crippen LogP contribution in [-0.2, 0) is 33.5 Å². The molecule has 1 aromatic carbocycles. The minimum absolute atomic E-state index is 0.0183. The minimum Gasteiger partial charge on any atom is -0.444 e. The Morgan fingerprint density at radius 1 is 1.10 bits per heavy atom. The number of ketones is 1. The second-order valence-corrected chi connectivity index (χ2v) is 14.8. The fourth-order valence-corrected chi connectivity index (χ4v) is 6.32. The first-order chi connectivity index (χ1) is 22.7. The van der Waals surface area contributed by atoms with E-state index in [0.717, 1.165) is 12.8 Å². The van der Waals surface area contributed by atoms with E-state index < -0.39 is 64.8 Å². The lowest BCUT2D eigenvalue weighted by atomic mass is 9.85. The van der Waals surface area contributed by atoms with Crippen molar-refractivity contribution in [3.8, 4) is 0 Å². The molecule has 4 aliphatic rings. The Hall–Kier alpha value is -3.39. The summed E-state index contributed by atoms with van der Waals surface area (Å²) >= 11 is 12.4. The molecular weight excluding hydrogens is 665 g/mol. The van der Waals surface area contributed by atoms with Crippen molar-refractivity contribution in [2.24, 2.45) is 5.41 Å². The Balaban J connectivity index is 1.42. The van der Waals surface area contributed by atoms with Crippen LogP contribution in [-0.4, -0.2) is 90.1 Å². The normalized spacial score (nSPS) is 24.8. The van der Waals surface area contributed by atoms with Crippen LogP contribution in [0.1, 0.15) is 71.8 Å². The van der Waals surface area contributed by atoms with E-state index in [-0.39, 0.29) is 32.0 Å². The van der Waals surface area contributed by atoms with Gasteiger partial charge >= 0.3 is 6.09 Å². The summed E-state index contributed by atoms with van der Waals surface area (Å²) in [6, 6.07) is 1.75. The smallest absolute Gasteiger partial charge is 0.408 e. The quantitative estimate of drug-likeness (QED) is 0.253. The molecule has 0 aromatic heterocycles. The van der Waals surface area contributed by atoms with Gasteiger partial charge in [0.25, 0.3) is 5.91 Å². The van der Waals surface area contributed by atoms with Crippen LogP contribution in [0.15, 0.2) is 24.3 Å². The number of alkyl carbamates (subject to hydrolysis) is 1. The Morgan fingerprint density at radius 3 is 2.48 bits per heavy atom. The first-order valence-corrected chi connectivity index (χ1v) is 17.1. The summed E-state index contributed by atoms with van der Waals surface area (Å²) in [5.74, 6) is -2.64. The molecular formula is C33H43Cl2N5O8. The summed E-state index contributed by atoms with van der Waals surface area (Å²) in [6.45, 7) is 7.90. The van der Waals surface area contributed by atoms with Gasteiger partial charge in [-0.3, -0.25) is 29.5 Å². The van der Waals surface area contributed by atoms with Gasteiger partial charge in [-0.15, -0.1) is 0 Å². The number of amides is 4. The second kappa shape index (κ2) is 14.6. The summed E-state index contributed by atoms with van der Waals surface area (Å²) in [5.41, 5.74) is 2.19. The Bertz CT molecular complexity index is 1470. The van der Waals surface area contributed by atoms with E-state index in [1.165, 1.54) is 4.90 Å². The number of carbonyl (C=O) groups excluding carboxylic acids is 5. The number of carbonyl (C=O) groups is 5. The molecule has 0 unspecified atom stereocenters. The molecule has 3 fully saturated rings. The van der Waals surface area contributed by atoms with Gasteiger partial charge in [0, 0.05) is 24.4 Å². The number of ether oxygens (including phenoxy) is 2. The van der Waals surface area contributed by atoms with Crippen LogP contribution in [0.2, 0.25) is 10.0 Å². The van der Waals surface area contributed by atoms with Gasteiger partial charge in [0.2, 0.25) is 17.6 Å². The summed E-state index contributed by atoms with van der Waals surface area (Å²) in [4.78, 5) is 74.6. The average Bonchev–Trinajstić information content (AvgIpc) is 3.38. The van der Waals surface area contributed by atoms with Crippen molar-refractivity contribution in [3.05, 3.63) is 39.9 Å². The van der Waals surface area contributed by atoms with Crippen LogP contribution in [0, 0.1) is 5.41 Å². The van der Waals surface area contributed by atoms with Crippen molar-refractivity contribution in [1.29, 1.82) is 0 Å². The summed E-state index contributed by atoms with van der Waals surface area (Å²) in [7, 11) is 0. The molecule has 0 bridgehead atoms. The van der Waals surface area contributed by atoms with E-state index in [1.54, 1.807) is 45.0 Å². The second-order valence-electron chi connectivity index (χ2n) is 13.9. The third-order valence-electron chi connectivity index (χ3n) is 8.82. The van der Waals surface area contributed by atoms with Gasteiger partial charge in [-0.2, -0.15) is 0 Å². The van der Waals surface area contributed by atoms with E-state index in [1.807, 2.05) is 6.92 Å². The molecule has 1 saturated carbocycles. The van der Waals surface area contributed by atoms with Crippen LogP contribution in [0.3, 0.4) is 0 Å². The minimum atomic E-state index is -1.16. The molecule has 262 valence electrons. The molecule has 3 aliphatic heterocycles. The highest BCUT2D eigenvalue weighted by Crippen LogP contribution is 2.39. The molecule has 3 heterocycles. The number of halogens is 2. The molecule has 13 nitrogen and oxygen atoms in total. The summed E-state index contributed by atoms with van der Waals surface area (Å²) in [5, 5.41) is 8.87. The highest BCUT2D eigenvalue weighted by molar-refractivity contribution is 6.42. The Labute approximate surface area is 289 Å². The lowest BCUT2D eigenvalue weighted by molar-refractivity contribution is -0.144. The molecule has 15 heteroatoms. The van der Waals surface area contributed by atoms with Crippen molar-refractivity contribution in [3.63, 3.8) is 0 Å². The third-order valence-corrected chi connectivity index (χ3v) is 9.56. The summed E-state index contributed by atoms with van der Waals surface area (Å²) < 4.78 is 10.8. The van der Waals surface area contributed by atoms with Crippen LogP contribution < -0.4 is 21.4 Å². The van der Waals surface area contributed by atoms with E-state index >= 15 is 0 Å². The van der Waals surface area contributed by atoms with Crippen molar-refractivity contribution < 1.29 is 38.3 Å². The lowest BCUT2D eigenvalue weighted by Gasteiger charge is -2.35. The van der Waals surface area contributed by atoms with E-state index in [4.69, 9.17) is 37.5 Å². The number of rotatable bonds is 11. The molecule has 48 heavy (non-hydrogen) atoms. The Morgan fingerprint density at radius 2 is 1.85 bits per heavy atom. The third kappa shape index (κ3) is 8.42. The highest BCUT2D eigenvalue weighted by atomic mass is 35.5.